The fourth-order valence-corrected chi connectivity index (χ4v) is 9.24. The van der Waals surface area contributed by atoms with Gasteiger partial charge >= 0.3 is 5.97 Å². The molecule has 4 aliphatic heterocycles. The number of methoxy groups -OCH3 is 1. The van der Waals surface area contributed by atoms with E-state index in [1.807, 2.05) is 67.6 Å². The van der Waals surface area contributed by atoms with E-state index in [1.54, 1.807) is 29.0 Å². The highest BCUT2D eigenvalue weighted by Gasteiger charge is 2.74. The Morgan fingerprint density at radius 3 is 2.48 bits per heavy atom. The van der Waals surface area contributed by atoms with Gasteiger partial charge in [0.05, 0.1) is 42.9 Å². The molecule has 0 radical (unpaired) electrons. The average Bonchev–Trinajstić information content (AvgIpc) is 3.33. The zero-order valence-electron chi connectivity index (χ0n) is 23.8. The Labute approximate surface area is 250 Å². The number of carbonyl (C=O) groups is 3. The summed E-state index contributed by atoms with van der Waals surface area (Å²) >= 11 is 1.51. The van der Waals surface area contributed by atoms with Crippen molar-refractivity contribution in [1.29, 1.82) is 0 Å². The molecule has 9 heteroatoms. The number of cyclic esters (lactones) is 1. The first kappa shape index (κ1) is 28.6. The van der Waals surface area contributed by atoms with E-state index in [-0.39, 0.29) is 18.4 Å². The summed E-state index contributed by atoms with van der Waals surface area (Å²) in [5.41, 5.74) is 1.40. The second kappa shape index (κ2) is 11.3. The molecule has 2 amide bonds. The molecule has 6 rings (SSSR count). The van der Waals surface area contributed by atoms with Crippen molar-refractivity contribution in [1.82, 2.24) is 4.90 Å². The second-order valence-corrected chi connectivity index (χ2v) is 13.3. The number of carbonyl (C=O) groups excluding carboxylic acids is 3. The molecule has 6 atom stereocenters. The van der Waals surface area contributed by atoms with Gasteiger partial charge in [-0.15, -0.1) is 11.8 Å². The molecule has 1 spiro atoms. The number of rotatable bonds is 5. The zero-order chi connectivity index (χ0) is 29.5. The number of aliphatic hydroxyl groups is 1. The van der Waals surface area contributed by atoms with Gasteiger partial charge < -0.3 is 24.4 Å². The summed E-state index contributed by atoms with van der Waals surface area (Å²) in [4.78, 5) is 46.6. The van der Waals surface area contributed by atoms with Gasteiger partial charge in [0, 0.05) is 17.0 Å². The fourth-order valence-electron chi connectivity index (χ4n) is 7.10. The minimum absolute atomic E-state index is 0.257. The molecule has 4 aliphatic rings. The number of aliphatic hydroxyl groups excluding tert-OH is 1. The Hall–Kier alpha value is -3.56. The number of allylic oxidation sites excluding steroid dienone is 1. The van der Waals surface area contributed by atoms with E-state index in [0.29, 0.717) is 24.6 Å². The number of nitrogens with zero attached hydrogens (tertiary/aromatic N) is 2. The van der Waals surface area contributed by atoms with E-state index >= 15 is 0 Å². The van der Waals surface area contributed by atoms with Crippen LogP contribution < -0.4 is 9.64 Å². The first-order chi connectivity index (χ1) is 20.3. The number of anilines is 1. The van der Waals surface area contributed by atoms with Gasteiger partial charge in [0.25, 0.3) is 5.91 Å². The van der Waals surface area contributed by atoms with Crippen LogP contribution in [0.4, 0.5) is 5.69 Å². The predicted molar refractivity (Wildman–Crippen MR) is 161 cm³/mol. The van der Waals surface area contributed by atoms with E-state index in [1.165, 1.54) is 11.8 Å². The lowest BCUT2D eigenvalue weighted by Crippen LogP contribution is -2.54. The van der Waals surface area contributed by atoms with Crippen LogP contribution in [0.25, 0.3) is 0 Å². The number of ether oxygens (including phenoxy) is 2. The molecule has 2 fully saturated rings. The topological polar surface area (TPSA) is 96.4 Å². The Morgan fingerprint density at radius 2 is 1.76 bits per heavy atom. The van der Waals surface area contributed by atoms with Gasteiger partial charge in [-0.25, -0.2) is 0 Å². The molecular formula is C33H36N2O6S. The fraction of sp³-hybridized carbons (Fsp3) is 0.424. The summed E-state index contributed by atoms with van der Waals surface area (Å²) < 4.78 is 9.28. The molecule has 0 saturated carbocycles. The maximum absolute atomic E-state index is 14.8. The predicted octanol–water partition coefficient (Wildman–Crippen LogP) is 4.30. The van der Waals surface area contributed by atoms with Crippen molar-refractivity contribution in [3.8, 4) is 5.75 Å². The molecule has 42 heavy (non-hydrogen) atoms. The van der Waals surface area contributed by atoms with Gasteiger partial charge in [-0.05, 0) is 56.0 Å². The van der Waals surface area contributed by atoms with Gasteiger partial charge in [0.1, 0.15) is 11.8 Å². The van der Waals surface area contributed by atoms with Crippen LogP contribution in [0.15, 0.2) is 78.9 Å². The van der Waals surface area contributed by atoms with E-state index in [4.69, 9.17) is 9.47 Å². The van der Waals surface area contributed by atoms with Crippen molar-refractivity contribution < 1.29 is 29.0 Å². The number of amides is 2. The standard InChI is InChI=1S/C33H36N2O6S/c1-32-17-8-3-4-9-20-41-31(39)27(32)26-29(37)35(25(21-36)22-11-6-5-7-12-22)28-30(38)34(19-10-18-33(26,28)42-32)23-13-15-24(40-2)16-14-23/h5-8,10-18,25-28,36H,3-4,9,19-21H2,1-2H3/b17-8-/t25-,26+,27+,28?,32-,33+/m1/s1. The summed E-state index contributed by atoms with van der Waals surface area (Å²) in [5.74, 6) is -1.96. The SMILES string of the molecule is COc1ccc(N2CC=C[C@]34S[C@]5(C)/C=C\CCCCOC(=O)[C@@H]5[C@H]3C(=O)N([C@H](CO)c3ccccc3)C4C2=O)cc1. The molecule has 2 aromatic rings. The van der Waals surface area contributed by atoms with Crippen molar-refractivity contribution >= 4 is 35.2 Å². The molecule has 4 heterocycles. The van der Waals surface area contributed by atoms with Crippen LogP contribution in [-0.2, 0) is 19.1 Å². The smallest absolute Gasteiger partial charge is 0.311 e. The van der Waals surface area contributed by atoms with Crippen LogP contribution in [0.3, 0.4) is 0 Å². The molecule has 2 aromatic carbocycles. The first-order valence-electron chi connectivity index (χ1n) is 14.5. The van der Waals surface area contributed by atoms with Gasteiger partial charge in [-0.3, -0.25) is 14.4 Å². The van der Waals surface area contributed by atoms with E-state index < -0.39 is 39.4 Å². The second-order valence-electron chi connectivity index (χ2n) is 11.5. The molecule has 8 nitrogen and oxygen atoms in total. The number of benzene rings is 2. The monoisotopic (exact) mass is 588 g/mol. The summed E-state index contributed by atoms with van der Waals surface area (Å²) in [5, 5.41) is 10.7. The van der Waals surface area contributed by atoms with Gasteiger partial charge in [-0.2, -0.15) is 0 Å². The van der Waals surface area contributed by atoms with Crippen LogP contribution in [-0.4, -0.2) is 70.2 Å². The number of likely N-dealkylation sites (tertiary alicyclic amines) is 1. The third-order valence-corrected chi connectivity index (χ3v) is 10.8. The Kier molecular flexibility index (Phi) is 7.66. The lowest BCUT2D eigenvalue weighted by atomic mass is 9.74. The van der Waals surface area contributed by atoms with Crippen LogP contribution in [0.2, 0.25) is 0 Å². The highest BCUT2D eigenvalue weighted by molar-refractivity contribution is 8.02. The third kappa shape index (κ3) is 4.54. The first-order valence-corrected chi connectivity index (χ1v) is 15.3. The molecule has 1 unspecified atom stereocenters. The van der Waals surface area contributed by atoms with E-state index in [0.717, 1.165) is 24.8 Å². The van der Waals surface area contributed by atoms with Crippen LogP contribution in [0, 0.1) is 11.8 Å². The molecule has 220 valence electrons. The van der Waals surface area contributed by atoms with Crippen molar-refractivity contribution in [2.75, 3.05) is 31.8 Å². The van der Waals surface area contributed by atoms with Crippen LogP contribution in [0.1, 0.15) is 37.8 Å². The Balaban J connectivity index is 1.52. The highest BCUT2D eigenvalue weighted by Crippen LogP contribution is 2.66. The highest BCUT2D eigenvalue weighted by atomic mass is 32.2. The van der Waals surface area contributed by atoms with Crippen molar-refractivity contribution in [3.63, 3.8) is 0 Å². The summed E-state index contributed by atoms with van der Waals surface area (Å²) in [6, 6.07) is 14.8. The molecular weight excluding hydrogens is 552 g/mol. The summed E-state index contributed by atoms with van der Waals surface area (Å²) in [6.07, 6.45) is 10.6. The minimum atomic E-state index is -1.05. The normalized spacial score (nSPS) is 32.4. The van der Waals surface area contributed by atoms with Gasteiger partial charge in [-0.1, -0.05) is 54.6 Å². The Morgan fingerprint density at radius 1 is 1.00 bits per heavy atom. The zero-order valence-corrected chi connectivity index (χ0v) is 24.7. The molecule has 0 aromatic heterocycles. The quantitative estimate of drug-likeness (QED) is 0.411. The lowest BCUT2D eigenvalue weighted by Gasteiger charge is -2.40. The third-order valence-electron chi connectivity index (χ3n) is 9.02. The van der Waals surface area contributed by atoms with Crippen molar-refractivity contribution in [3.05, 3.63) is 84.5 Å². The van der Waals surface area contributed by atoms with Crippen LogP contribution in [0.5, 0.6) is 5.75 Å². The van der Waals surface area contributed by atoms with Gasteiger partial charge in [0.2, 0.25) is 5.91 Å². The summed E-state index contributed by atoms with van der Waals surface area (Å²) in [7, 11) is 1.59. The number of hydrogen-bond donors (Lipinski definition) is 1. The molecule has 1 N–H and O–H groups in total. The number of fused-ring (bicyclic) bond motifs is 2. The number of hydrogen-bond acceptors (Lipinski definition) is 7. The maximum atomic E-state index is 14.8. The molecule has 0 bridgehead atoms. The van der Waals surface area contributed by atoms with Crippen molar-refractivity contribution in [2.24, 2.45) is 11.8 Å². The summed E-state index contributed by atoms with van der Waals surface area (Å²) in [6.45, 7) is 2.21. The van der Waals surface area contributed by atoms with Gasteiger partial charge in [0.15, 0.2) is 0 Å². The minimum Gasteiger partial charge on any atom is -0.497 e. The van der Waals surface area contributed by atoms with E-state index in [2.05, 4.69) is 6.08 Å². The van der Waals surface area contributed by atoms with Crippen molar-refractivity contribution in [2.45, 2.75) is 47.8 Å². The number of esters is 1. The van der Waals surface area contributed by atoms with Crippen LogP contribution >= 0.6 is 11.8 Å². The number of thioether (sulfide) groups is 1. The Bertz CT molecular complexity index is 1410. The molecule has 2 saturated heterocycles. The lowest BCUT2D eigenvalue weighted by molar-refractivity contribution is -0.154. The maximum Gasteiger partial charge on any atom is 0.311 e. The van der Waals surface area contributed by atoms with E-state index in [9.17, 15) is 19.5 Å². The largest absolute Gasteiger partial charge is 0.497 e. The average molecular weight is 589 g/mol. The molecule has 0 aliphatic carbocycles.